The van der Waals surface area contributed by atoms with Crippen molar-refractivity contribution in [3.05, 3.63) is 36.4 Å². The van der Waals surface area contributed by atoms with E-state index in [0.717, 1.165) is 24.6 Å². The highest BCUT2D eigenvalue weighted by Crippen LogP contribution is 2.31. The minimum atomic E-state index is -3.62. The van der Waals surface area contributed by atoms with E-state index in [1.54, 1.807) is 18.2 Å². The maximum Gasteiger partial charge on any atom is 0.241 e. The lowest BCUT2D eigenvalue weighted by Crippen LogP contribution is -2.25. The van der Waals surface area contributed by atoms with Crippen molar-refractivity contribution in [2.24, 2.45) is 0 Å². The molecule has 5 nitrogen and oxygen atoms in total. The topological polar surface area (TPSA) is 75.6 Å². The number of benzene rings is 2. The Balaban J connectivity index is 2.30. The summed E-state index contributed by atoms with van der Waals surface area (Å²) in [4.78, 5) is 0.233. The van der Waals surface area contributed by atoms with Gasteiger partial charge in [-0.2, -0.15) is 0 Å². The lowest BCUT2D eigenvalue weighted by Gasteiger charge is -2.13. The largest absolute Gasteiger partial charge is 0.493 e. The molecule has 0 heterocycles. The highest BCUT2D eigenvalue weighted by molar-refractivity contribution is 7.89. The number of hydrogen-bond donors (Lipinski definition) is 2. The number of aliphatic hydroxyl groups is 1. The van der Waals surface area contributed by atoms with Gasteiger partial charge in [-0.05, 0) is 25.0 Å². The summed E-state index contributed by atoms with van der Waals surface area (Å²) in [5, 5.41) is 10.2. The lowest BCUT2D eigenvalue weighted by molar-refractivity contribution is 0.289. The molecule has 2 rings (SSSR count). The molecule has 0 bridgehead atoms. The quantitative estimate of drug-likeness (QED) is 0.645. The van der Waals surface area contributed by atoms with Gasteiger partial charge in [0.15, 0.2) is 0 Å². The zero-order valence-electron chi connectivity index (χ0n) is 14.0. The van der Waals surface area contributed by atoms with Crippen LogP contribution in [-0.2, 0) is 10.0 Å². The third-order valence-corrected chi connectivity index (χ3v) is 5.29. The number of aliphatic hydroxyl groups excluding tert-OH is 1. The van der Waals surface area contributed by atoms with E-state index in [9.17, 15) is 8.42 Å². The van der Waals surface area contributed by atoms with Crippen LogP contribution >= 0.6 is 0 Å². The minimum absolute atomic E-state index is 0.0478. The van der Waals surface area contributed by atoms with Crippen molar-refractivity contribution in [2.45, 2.75) is 37.5 Å². The molecule has 0 aliphatic rings. The maximum atomic E-state index is 12.5. The molecular weight excluding hydrogens is 326 g/mol. The molecule has 0 amide bonds. The molecule has 132 valence electrons. The number of hydrogen-bond acceptors (Lipinski definition) is 4. The SMILES string of the molecule is CCCCCOc1ccc(S(=O)(=O)NCCCO)c2ccccc12. The van der Waals surface area contributed by atoms with Gasteiger partial charge < -0.3 is 9.84 Å². The van der Waals surface area contributed by atoms with Crippen LogP contribution in [0.15, 0.2) is 41.3 Å². The van der Waals surface area contributed by atoms with Gasteiger partial charge in [-0.3, -0.25) is 0 Å². The van der Waals surface area contributed by atoms with E-state index in [1.165, 1.54) is 0 Å². The number of rotatable bonds is 10. The van der Waals surface area contributed by atoms with Crippen molar-refractivity contribution in [3.8, 4) is 5.75 Å². The van der Waals surface area contributed by atoms with Gasteiger partial charge in [-0.25, -0.2) is 13.1 Å². The predicted octanol–water partition coefficient (Wildman–Crippen LogP) is 3.07. The summed E-state index contributed by atoms with van der Waals surface area (Å²) in [7, 11) is -3.62. The summed E-state index contributed by atoms with van der Waals surface area (Å²) in [5.74, 6) is 0.705. The van der Waals surface area contributed by atoms with Crippen molar-refractivity contribution >= 4 is 20.8 Å². The summed E-state index contributed by atoms with van der Waals surface area (Å²) in [6.07, 6.45) is 3.60. The van der Waals surface area contributed by atoms with E-state index in [4.69, 9.17) is 9.84 Å². The predicted molar refractivity (Wildman–Crippen MR) is 95.9 cm³/mol. The molecular formula is C18H25NO4S. The molecule has 0 spiro atoms. The fourth-order valence-electron chi connectivity index (χ4n) is 2.50. The van der Waals surface area contributed by atoms with E-state index >= 15 is 0 Å². The average Bonchev–Trinajstić information content (AvgIpc) is 2.58. The second kappa shape index (κ2) is 9.01. The highest BCUT2D eigenvalue weighted by Gasteiger charge is 2.18. The van der Waals surface area contributed by atoms with Gasteiger partial charge in [0.1, 0.15) is 5.75 Å². The van der Waals surface area contributed by atoms with E-state index in [2.05, 4.69) is 11.6 Å². The molecule has 0 fully saturated rings. The van der Waals surface area contributed by atoms with Crippen LogP contribution in [0, 0.1) is 0 Å². The lowest BCUT2D eigenvalue weighted by atomic mass is 10.1. The Morgan fingerprint density at radius 1 is 1.04 bits per heavy atom. The van der Waals surface area contributed by atoms with Crippen LogP contribution < -0.4 is 9.46 Å². The molecule has 2 aromatic rings. The number of fused-ring (bicyclic) bond motifs is 1. The summed E-state index contributed by atoms with van der Waals surface area (Å²) in [6, 6.07) is 10.6. The molecule has 0 saturated heterocycles. The number of unbranched alkanes of at least 4 members (excludes halogenated alkanes) is 2. The van der Waals surface area contributed by atoms with E-state index in [0.29, 0.717) is 24.2 Å². The molecule has 0 saturated carbocycles. The number of sulfonamides is 1. The molecule has 2 N–H and O–H groups in total. The molecule has 0 radical (unpaired) electrons. The Morgan fingerprint density at radius 3 is 2.50 bits per heavy atom. The van der Waals surface area contributed by atoms with Gasteiger partial charge in [0, 0.05) is 23.9 Å². The van der Waals surface area contributed by atoms with E-state index in [1.807, 2.05) is 18.2 Å². The standard InChI is InChI=1S/C18H25NO4S/c1-2-3-6-14-23-17-10-11-18(16-9-5-4-8-15(16)17)24(21,22)19-12-7-13-20/h4-5,8-11,19-20H,2-3,6-7,12-14H2,1H3. The van der Waals surface area contributed by atoms with Gasteiger partial charge >= 0.3 is 0 Å². The molecule has 24 heavy (non-hydrogen) atoms. The van der Waals surface area contributed by atoms with Crippen molar-refractivity contribution in [1.29, 1.82) is 0 Å². The van der Waals surface area contributed by atoms with E-state index < -0.39 is 10.0 Å². The fraction of sp³-hybridized carbons (Fsp3) is 0.444. The van der Waals surface area contributed by atoms with E-state index in [-0.39, 0.29) is 18.0 Å². The third-order valence-electron chi connectivity index (χ3n) is 3.77. The molecule has 0 atom stereocenters. The number of nitrogens with one attached hydrogen (secondary N) is 1. The van der Waals surface area contributed by atoms with Crippen LogP contribution in [0.4, 0.5) is 0 Å². The van der Waals surface area contributed by atoms with Crippen molar-refractivity contribution in [3.63, 3.8) is 0 Å². The molecule has 6 heteroatoms. The number of ether oxygens (including phenoxy) is 1. The minimum Gasteiger partial charge on any atom is -0.493 e. The second-order valence-corrected chi connectivity index (χ2v) is 7.37. The van der Waals surface area contributed by atoms with Gasteiger partial charge in [0.25, 0.3) is 0 Å². The summed E-state index contributed by atoms with van der Waals surface area (Å²) < 4.78 is 33.4. The van der Waals surface area contributed by atoms with Gasteiger partial charge in [0.2, 0.25) is 10.0 Å². The zero-order chi connectivity index (χ0) is 17.4. The van der Waals surface area contributed by atoms with Crippen LogP contribution in [0.2, 0.25) is 0 Å². The Morgan fingerprint density at radius 2 is 1.79 bits per heavy atom. The normalized spacial score (nSPS) is 11.8. The summed E-state index contributed by atoms with van der Waals surface area (Å²) >= 11 is 0. The smallest absolute Gasteiger partial charge is 0.241 e. The van der Waals surface area contributed by atoms with Gasteiger partial charge in [0.05, 0.1) is 11.5 Å². The molecule has 0 aliphatic carbocycles. The second-order valence-electron chi connectivity index (χ2n) is 5.64. The maximum absolute atomic E-state index is 12.5. The Hall–Kier alpha value is -1.63. The highest BCUT2D eigenvalue weighted by atomic mass is 32.2. The first kappa shape index (κ1) is 18.7. The van der Waals surface area contributed by atoms with Crippen LogP contribution in [0.5, 0.6) is 5.75 Å². The summed E-state index contributed by atoms with van der Waals surface area (Å²) in [6.45, 7) is 2.92. The van der Waals surface area contributed by atoms with Gasteiger partial charge in [-0.15, -0.1) is 0 Å². The molecule has 0 aliphatic heterocycles. The van der Waals surface area contributed by atoms with Gasteiger partial charge in [-0.1, -0.05) is 44.0 Å². The molecule has 0 aromatic heterocycles. The van der Waals surface area contributed by atoms with Crippen LogP contribution in [0.1, 0.15) is 32.6 Å². The Kier molecular flexibility index (Phi) is 7.02. The zero-order valence-corrected chi connectivity index (χ0v) is 14.8. The fourth-order valence-corrected chi connectivity index (χ4v) is 3.78. The van der Waals surface area contributed by atoms with Crippen LogP contribution in [-0.4, -0.2) is 33.3 Å². The van der Waals surface area contributed by atoms with Crippen molar-refractivity contribution < 1.29 is 18.3 Å². The first-order chi connectivity index (χ1) is 11.6. The first-order valence-corrected chi connectivity index (χ1v) is 9.83. The molecule has 2 aromatic carbocycles. The Bertz CT molecular complexity index is 759. The Labute approximate surface area is 143 Å². The van der Waals surface area contributed by atoms with Crippen LogP contribution in [0.25, 0.3) is 10.8 Å². The average molecular weight is 351 g/mol. The first-order valence-electron chi connectivity index (χ1n) is 8.35. The summed E-state index contributed by atoms with van der Waals surface area (Å²) in [5.41, 5.74) is 0. The van der Waals surface area contributed by atoms with Crippen molar-refractivity contribution in [2.75, 3.05) is 19.8 Å². The van der Waals surface area contributed by atoms with Crippen LogP contribution in [0.3, 0.4) is 0 Å². The third kappa shape index (κ3) is 4.69. The molecule has 0 unspecified atom stereocenters. The monoisotopic (exact) mass is 351 g/mol. The van der Waals surface area contributed by atoms with Crippen molar-refractivity contribution in [1.82, 2.24) is 4.72 Å².